The van der Waals surface area contributed by atoms with Gasteiger partial charge < -0.3 is 20.2 Å². The number of nitro groups is 1. The molecule has 80 valence electrons. The Morgan fingerprint density at radius 3 is 3.40 bits per heavy atom. The summed E-state index contributed by atoms with van der Waals surface area (Å²) in [6, 6.07) is 0.623. The summed E-state index contributed by atoms with van der Waals surface area (Å²) in [5.41, 5.74) is 0. The first-order valence-electron chi connectivity index (χ1n) is 4.85. The van der Waals surface area contributed by atoms with Crippen LogP contribution in [0, 0.1) is 10.1 Å². The van der Waals surface area contributed by atoms with Gasteiger partial charge in [0.1, 0.15) is 12.3 Å². The molecule has 7 nitrogen and oxygen atoms in total. The van der Waals surface area contributed by atoms with Gasteiger partial charge in [-0.3, -0.25) is 4.57 Å². The van der Waals surface area contributed by atoms with Crippen LogP contribution in [0.3, 0.4) is 0 Å². The number of hydrogen-bond acceptors (Lipinski definition) is 5. The summed E-state index contributed by atoms with van der Waals surface area (Å²) in [6.45, 7) is 1.63. The van der Waals surface area contributed by atoms with Crippen molar-refractivity contribution in [2.24, 2.45) is 0 Å². The topological polar surface area (TPSA) is 82.2 Å². The zero-order valence-electron chi connectivity index (χ0n) is 7.92. The maximum Gasteiger partial charge on any atom is 0.414 e. The first-order chi connectivity index (χ1) is 7.24. The van der Waals surface area contributed by atoms with Gasteiger partial charge in [0.25, 0.3) is 0 Å². The van der Waals surface area contributed by atoms with Gasteiger partial charge >= 0.3 is 11.8 Å². The van der Waals surface area contributed by atoms with E-state index in [0.717, 1.165) is 13.0 Å². The number of hydrogen-bond donors (Lipinski definition) is 1. The Morgan fingerprint density at radius 1 is 1.73 bits per heavy atom. The van der Waals surface area contributed by atoms with Gasteiger partial charge in [0.2, 0.25) is 0 Å². The van der Waals surface area contributed by atoms with Gasteiger partial charge in [-0.1, -0.05) is 0 Å². The van der Waals surface area contributed by atoms with Crippen molar-refractivity contribution in [3.63, 3.8) is 0 Å². The molecular formula is C8H10N4O3. The normalized spacial score (nSPS) is 28.0. The predicted octanol–water partition coefficient (Wildman–Crippen LogP) is -0.0858. The molecule has 2 aliphatic heterocycles. The van der Waals surface area contributed by atoms with Crippen molar-refractivity contribution in [1.29, 1.82) is 0 Å². The van der Waals surface area contributed by atoms with Gasteiger partial charge in [-0.2, -0.15) is 0 Å². The first kappa shape index (κ1) is 8.66. The summed E-state index contributed by atoms with van der Waals surface area (Å²) in [6.07, 6.45) is 2.47. The molecule has 1 aromatic heterocycles. The summed E-state index contributed by atoms with van der Waals surface area (Å²) < 4.78 is 7.26. The maximum atomic E-state index is 10.5. The highest BCUT2D eigenvalue weighted by molar-refractivity contribution is 5.22. The SMILES string of the molecule is O=[N+]([O-])c1cn2c(n1)O[C@@H]1CCN[C@H]1C2. The van der Waals surface area contributed by atoms with Crippen LogP contribution in [0.15, 0.2) is 6.20 Å². The van der Waals surface area contributed by atoms with E-state index >= 15 is 0 Å². The number of nitrogens with one attached hydrogen (secondary N) is 1. The lowest BCUT2D eigenvalue weighted by molar-refractivity contribution is -0.389. The minimum Gasteiger partial charge on any atom is -0.441 e. The first-order valence-corrected chi connectivity index (χ1v) is 4.85. The Hall–Kier alpha value is -1.63. The van der Waals surface area contributed by atoms with Crippen LogP contribution in [0.1, 0.15) is 6.42 Å². The number of imidazole rings is 1. The number of nitrogens with zero attached hydrogens (tertiary/aromatic N) is 3. The largest absolute Gasteiger partial charge is 0.441 e. The third kappa shape index (κ3) is 1.27. The van der Waals surface area contributed by atoms with Crippen LogP contribution >= 0.6 is 0 Å². The van der Waals surface area contributed by atoms with Gasteiger partial charge in [-0.15, -0.1) is 0 Å². The second kappa shape index (κ2) is 2.93. The van der Waals surface area contributed by atoms with Gasteiger partial charge in [-0.25, -0.2) is 0 Å². The van der Waals surface area contributed by atoms with E-state index in [4.69, 9.17) is 4.74 Å². The van der Waals surface area contributed by atoms with Crippen molar-refractivity contribution >= 4 is 5.82 Å². The molecule has 1 N–H and O–H groups in total. The van der Waals surface area contributed by atoms with Crippen molar-refractivity contribution in [2.75, 3.05) is 6.54 Å². The standard InChI is InChI=1S/C8H10N4O3/c13-12(14)7-4-11-3-5-6(1-2-9-5)15-8(11)10-7/h4-6,9H,1-3H2/t5-,6+/m0/s1. The molecule has 3 rings (SSSR count). The Kier molecular flexibility index (Phi) is 1.69. The van der Waals surface area contributed by atoms with E-state index in [1.807, 2.05) is 0 Å². The molecule has 0 aromatic carbocycles. The Labute approximate surface area is 85.2 Å². The molecule has 7 heteroatoms. The molecule has 1 saturated heterocycles. The van der Waals surface area contributed by atoms with Crippen molar-refractivity contribution in [1.82, 2.24) is 14.9 Å². The summed E-state index contributed by atoms with van der Waals surface area (Å²) in [7, 11) is 0. The van der Waals surface area contributed by atoms with E-state index in [2.05, 4.69) is 10.3 Å². The molecular weight excluding hydrogens is 200 g/mol. The molecule has 3 heterocycles. The molecule has 0 amide bonds. The Balaban J connectivity index is 1.93. The highest BCUT2D eigenvalue weighted by Gasteiger charge is 2.37. The average Bonchev–Trinajstić information content (AvgIpc) is 2.77. The highest BCUT2D eigenvalue weighted by atomic mass is 16.6. The zero-order valence-corrected chi connectivity index (χ0v) is 7.92. The molecule has 15 heavy (non-hydrogen) atoms. The van der Waals surface area contributed by atoms with Crippen LogP contribution in [-0.4, -0.2) is 33.2 Å². The predicted molar refractivity (Wildman–Crippen MR) is 49.7 cm³/mol. The van der Waals surface area contributed by atoms with Gasteiger partial charge in [0, 0.05) is 11.5 Å². The van der Waals surface area contributed by atoms with E-state index in [1.54, 1.807) is 4.57 Å². The van der Waals surface area contributed by atoms with Crippen molar-refractivity contribution in [3.05, 3.63) is 16.3 Å². The fourth-order valence-electron chi connectivity index (χ4n) is 2.11. The number of ether oxygens (including phenoxy) is 1. The molecule has 1 fully saturated rings. The summed E-state index contributed by atoms with van der Waals surface area (Å²) in [4.78, 5) is 13.8. The monoisotopic (exact) mass is 210 g/mol. The second-order valence-electron chi connectivity index (χ2n) is 3.80. The number of rotatable bonds is 1. The van der Waals surface area contributed by atoms with E-state index < -0.39 is 4.92 Å². The molecule has 1 aromatic rings. The Morgan fingerprint density at radius 2 is 2.60 bits per heavy atom. The lowest BCUT2D eigenvalue weighted by atomic mass is 10.1. The zero-order chi connectivity index (χ0) is 10.4. The average molecular weight is 210 g/mol. The van der Waals surface area contributed by atoms with E-state index in [-0.39, 0.29) is 18.0 Å². The van der Waals surface area contributed by atoms with Gasteiger partial charge in [0.15, 0.2) is 0 Å². The van der Waals surface area contributed by atoms with E-state index in [0.29, 0.717) is 12.6 Å². The summed E-state index contributed by atoms with van der Waals surface area (Å²) >= 11 is 0. The molecule has 2 atom stereocenters. The van der Waals surface area contributed by atoms with E-state index in [9.17, 15) is 10.1 Å². The smallest absolute Gasteiger partial charge is 0.414 e. The molecule has 0 aliphatic carbocycles. The summed E-state index contributed by atoms with van der Waals surface area (Å²) in [5.74, 6) is -0.148. The quantitative estimate of drug-likeness (QED) is 0.517. The van der Waals surface area contributed by atoms with Crippen LogP contribution in [-0.2, 0) is 6.54 Å². The number of aromatic nitrogens is 2. The minimum atomic E-state index is -0.502. The van der Waals surface area contributed by atoms with Crippen LogP contribution in [0.25, 0.3) is 0 Å². The molecule has 2 aliphatic rings. The lowest BCUT2D eigenvalue weighted by Gasteiger charge is -2.24. The highest BCUT2D eigenvalue weighted by Crippen LogP contribution is 2.27. The second-order valence-corrected chi connectivity index (χ2v) is 3.80. The summed E-state index contributed by atoms with van der Waals surface area (Å²) in [5, 5.41) is 13.8. The third-order valence-electron chi connectivity index (χ3n) is 2.85. The molecule has 0 bridgehead atoms. The van der Waals surface area contributed by atoms with Crippen LogP contribution in [0.2, 0.25) is 0 Å². The maximum absolute atomic E-state index is 10.5. The lowest BCUT2D eigenvalue weighted by Crippen LogP contribution is -2.41. The fraction of sp³-hybridized carbons (Fsp3) is 0.625. The van der Waals surface area contributed by atoms with E-state index in [1.165, 1.54) is 6.20 Å². The van der Waals surface area contributed by atoms with Crippen LogP contribution in [0.5, 0.6) is 6.01 Å². The molecule has 0 spiro atoms. The fourth-order valence-corrected chi connectivity index (χ4v) is 2.11. The molecule has 0 saturated carbocycles. The van der Waals surface area contributed by atoms with Crippen molar-refractivity contribution < 1.29 is 9.66 Å². The number of fused-ring (bicyclic) bond motifs is 2. The molecule has 0 radical (unpaired) electrons. The van der Waals surface area contributed by atoms with Crippen molar-refractivity contribution in [3.8, 4) is 6.01 Å². The van der Waals surface area contributed by atoms with Gasteiger partial charge in [-0.05, 0) is 17.9 Å². The van der Waals surface area contributed by atoms with Crippen molar-refractivity contribution in [2.45, 2.75) is 25.1 Å². The van der Waals surface area contributed by atoms with Gasteiger partial charge in [0.05, 0.1) is 6.04 Å². The molecule has 0 unspecified atom stereocenters. The van der Waals surface area contributed by atoms with Crippen LogP contribution < -0.4 is 10.1 Å². The third-order valence-corrected chi connectivity index (χ3v) is 2.85. The minimum absolute atomic E-state index is 0.111. The van der Waals surface area contributed by atoms with Crippen LogP contribution in [0.4, 0.5) is 5.82 Å². The Bertz CT molecular complexity index is 387.